The van der Waals surface area contributed by atoms with Gasteiger partial charge in [-0.2, -0.15) is 0 Å². The Kier molecular flexibility index (Phi) is 3.38. The van der Waals surface area contributed by atoms with Crippen molar-refractivity contribution < 1.29 is 8.78 Å². The molecule has 0 saturated carbocycles. The maximum absolute atomic E-state index is 13.7. The number of nitrogens with zero attached hydrogens (tertiary/aromatic N) is 1. The van der Waals surface area contributed by atoms with E-state index in [9.17, 15) is 8.78 Å². The van der Waals surface area contributed by atoms with Crippen LogP contribution in [0.2, 0.25) is 5.02 Å². The number of rotatable bonds is 2. The first-order valence-electron chi connectivity index (χ1n) is 5.22. The van der Waals surface area contributed by atoms with Crippen LogP contribution < -0.4 is 0 Å². The molecule has 0 atom stereocenters. The van der Waals surface area contributed by atoms with Crippen LogP contribution in [0.25, 0.3) is 11.3 Å². The fourth-order valence-corrected chi connectivity index (χ4v) is 1.89. The van der Waals surface area contributed by atoms with Crippen LogP contribution in [-0.2, 0) is 6.42 Å². The third-order valence-electron chi connectivity index (χ3n) is 2.43. The third kappa shape index (κ3) is 2.44. The van der Waals surface area contributed by atoms with E-state index in [2.05, 4.69) is 4.98 Å². The molecule has 0 aliphatic heterocycles. The van der Waals surface area contributed by atoms with Gasteiger partial charge in [0.2, 0.25) is 0 Å². The van der Waals surface area contributed by atoms with Gasteiger partial charge in [0.15, 0.2) is 0 Å². The molecule has 88 valence electrons. The maximum atomic E-state index is 13.7. The normalized spacial score (nSPS) is 10.6. The molecule has 1 aromatic carbocycles. The summed E-state index contributed by atoms with van der Waals surface area (Å²) in [6, 6.07) is 7.17. The maximum Gasteiger partial charge on any atom is 0.137 e. The van der Waals surface area contributed by atoms with E-state index in [1.807, 2.05) is 13.0 Å². The van der Waals surface area contributed by atoms with Crippen LogP contribution in [0.5, 0.6) is 0 Å². The molecule has 0 N–H and O–H groups in total. The molecule has 17 heavy (non-hydrogen) atoms. The minimum absolute atomic E-state index is 0.0308. The highest BCUT2D eigenvalue weighted by Crippen LogP contribution is 2.30. The van der Waals surface area contributed by atoms with Gasteiger partial charge in [0.25, 0.3) is 0 Å². The van der Waals surface area contributed by atoms with E-state index in [1.165, 1.54) is 0 Å². The largest absolute Gasteiger partial charge is 0.253 e. The Bertz CT molecular complexity index is 532. The van der Waals surface area contributed by atoms with Gasteiger partial charge in [0.1, 0.15) is 11.6 Å². The fraction of sp³-hybridized carbons (Fsp3) is 0.154. The van der Waals surface area contributed by atoms with Gasteiger partial charge in [-0.1, -0.05) is 24.6 Å². The van der Waals surface area contributed by atoms with Gasteiger partial charge >= 0.3 is 0 Å². The predicted octanol–water partition coefficient (Wildman–Crippen LogP) is 4.24. The molecule has 4 heteroatoms. The molecule has 0 unspecified atom stereocenters. The summed E-state index contributed by atoms with van der Waals surface area (Å²) in [6.45, 7) is 1.95. The number of hydrogen-bond donors (Lipinski definition) is 0. The van der Waals surface area contributed by atoms with Crippen LogP contribution >= 0.6 is 11.6 Å². The standard InChI is InChI=1S/C13H10ClF2N/c1-2-9-4-3-5-12(17-9)13-10(14)6-8(15)7-11(13)16/h3-7H,2H2,1H3. The summed E-state index contributed by atoms with van der Waals surface area (Å²) in [4.78, 5) is 4.27. The van der Waals surface area contributed by atoms with E-state index < -0.39 is 11.6 Å². The number of benzene rings is 1. The number of aryl methyl sites for hydroxylation is 1. The minimum Gasteiger partial charge on any atom is -0.253 e. The average Bonchev–Trinajstić information content (AvgIpc) is 2.28. The van der Waals surface area contributed by atoms with Crippen molar-refractivity contribution in [3.05, 3.63) is 52.7 Å². The molecule has 1 heterocycles. The van der Waals surface area contributed by atoms with Crippen LogP contribution in [0.3, 0.4) is 0 Å². The molecule has 0 fully saturated rings. The summed E-state index contributed by atoms with van der Waals surface area (Å²) in [5.74, 6) is -1.39. The lowest BCUT2D eigenvalue weighted by Crippen LogP contribution is -1.94. The first-order valence-corrected chi connectivity index (χ1v) is 5.60. The van der Waals surface area contributed by atoms with Crippen molar-refractivity contribution in [3.63, 3.8) is 0 Å². The molecule has 0 aliphatic rings. The zero-order chi connectivity index (χ0) is 12.4. The first kappa shape index (κ1) is 12.0. The van der Waals surface area contributed by atoms with E-state index in [-0.39, 0.29) is 10.6 Å². The summed E-state index contributed by atoms with van der Waals surface area (Å²) >= 11 is 5.84. The lowest BCUT2D eigenvalue weighted by molar-refractivity contribution is 0.585. The molecule has 2 rings (SSSR count). The van der Waals surface area contributed by atoms with E-state index in [1.54, 1.807) is 12.1 Å². The topological polar surface area (TPSA) is 12.9 Å². The monoisotopic (exact) mass is 253 g/mol. The van der Waals surface area contributed by atoms with Gasteiger partial charge in [0.05, 0.1) is 16.3 Å². The van der Waals surface area contributed by atoms with Crippen LogP contribution in [0.15, 0.2) is 30.3 Å². The van der Waals surface area contributed by atoms with Gasteiger partial charge in [-0.15, -0.1) is 0 Å². The number of halogens is 3. The fourth-order valence-electron chi connectivity index (χ4n) is 1.60. The summed E-state index contributed by atoms with van der Waals surface area (Å²) in [7, 11) is 0. The van der Waals surface area contributed by atoms with Gasteiger partial charge < -0.3 is 0 Å². The summed E-state index contributed by atoms with van der Waals surface area (Å²) in [6.07, 6.45) is 0.744. The second-order valence-electron chi connectivity index (χ2n) is 3.61. The predicted molar refractivity (Wildman–Crippen MR) is 64.0 cm³/mol. The second-order valence-corrected chi connectivity index (χ2v) is 4.02. The lowest BCUT2D eigenvalue weighted by Gasteiger charge is -2.07. The molecule has 0 saturated heterocycles. The van der Waals surface area contributed by atoms with Crippen molar-refractivity contribution in [3.8, 4) is 11.3 Å². The molecule has 0 radical (unpaired) electrons. The van der Waals surface area contributed by atoms with Gasteiger partial charge in [-0.3, -0.25) is 4.98 Å². The first-order chi connectivity index (χ1) is 8.11. The van der Waals surface area contributed by atoms with Crippen molar-refractivity contribution in [1.29, 1.82) is 0 Å². The highest BCUT2D eigenvalue weighted by atomic mass is 35.5. The highest BCUT2D eigenvalue weighted by molar-refractivity contribution is 6.33. The van der Waals surface area contributed by atoms with Crippen molar-refractivity contribution in [2.45, 2.75) is 13.3 Å². The summed E-state index contributed by atoms with van der Waals surface area (Å²) < 4.78 is 26.6. The van der Waals surface area contributed by atoms with Crippen LogP contribution in [0.4, 0.5) is 8.78 Å². The van der Waals surface area contributed by atoms with E-state index >= 15 is 0 Å². The Morgan fingerprint density at radius 1 is 1.24 bits per heavy atom. The molecule has 1 aromatic heterocycles. The van der Waals surface area contributed by atoms with Gasteiger partial charge in [0, 0.05) is 11.8 Å². The summed E-state index contributed by atoms with van der Waals surface area (Å²) in [5.41, 5.74) is 1.40. The van der Waals surface area contributed by atoms with E-state index in [4.69, 9.17) is 11.6 Å². The van der Waals surface area contributed by atoms with E-state index in [0.29, 0.717) is 5.69 Å². The van der Waals surface area contributed by atoms with Crippen molar-refractivity contribution in [2.24, 2.45) is 0 Å². The third-order valence-corrected chi connectivity index (χ3v) is 2.73. The Labute approximate surface area is 103 Å². The summed E-state index contributed by atoms with van der Waals surface area (Å²) in [5, 5.41) is 0.0308. The Morgan fingerprint density at radius 3 is 2.65 bits per heavy atom. The number of pyridine rings is 1. The quantitative estimate of drug-likeness (QED) is 0.780. The van der Waals surface area contributed by atoms with Crippen LogP contribution in [-0.4, -0.2) is 4.98 Å². The molecular weight excluding hydrogens is 244 g/mol. The molecule has 1 nitrogen and oxygen atoms in total. The Morgan fingerprint density at radius 2 is 2.00 bits per heavy atom. The van der Waals surface area contributed by atoms with Crippen LogP contribution in [0, 0.1) is 11.6 Å². The Balaban J connectivity index is 2.60. The Hall–Kier alpha value is -1.48. The second kappa shape index (κ2) is 4.80. The van der Waals surface area contributed by atoms with Crippen molar-refractivity contribution in [1.82, 2.24) is 4.98 Å². The molecular formula is C13H10ClF2N. The number of aromatic nitrogens is 1. The highest BCUT2D eigenvalue weighted by Gasteiger charge is 2.13. The van der Waals surface area contributed by atoms with E-state index in [0.717, 1.165) is 24.2 Å². The molecule has 0 aliphatic carbocycles. The SMILES string of the molecule is CCc1cccc(-c2c(F)cc(F)cc2Cl)n1. The zero-order valence-electron chi connectivity index (χ0n) is 9.17. The van der Waals surface area contributed by atoms with Gasteiger partial charge in [-0.05, 0) is 24.6 Å². The molecule has 0 amide bonds. The number of hydrogen-bond acceptors (Lipinski definition) is 1. The molecule has 2 aromatic rings. The molecule has 0 spiro atoms. The zero-order valence-corrected chi connectivity index (χ0v) is 9.93. The van der Waals surface area contributed by atoms with Crippen molar-refractivity contribution >= 4 is 11.6 Å². The molecule has 0 bridgehead atoms. The minimum atomic E-state index is -0.698. The van der Waals surface area contributed by atoms with Gasteiger partial charge in [-0.25, -0.2) is 8.78 Å². The lowest BCUT2D eigenvalue weighted by atomic mass is 10.1. The smallest absolute Gasteiger partial charge is 0.137 e. The van der Waals surface area contributed by atoms with Crippen LogP contribution in [0.1, 0.15) is 12.6 Å². The van der Waals surface area contributed by atoms with Crippen molar-refractivity contribution in [2.75, 3.05) is 0 Å². The average molecular weight is 254 g/mol.